The van der Waals surface area contributed by atoms with E-state index in [0.29, 0.717) is 6.42 Å². The van der Waals surface area contributed by atoms with Crippen molar-refractivity contribution in [1.29, 1.82) is 0 Å². The second kappa shape index (κ2) is 6.37. The van der Waals surface area contributed by atoms with Crippen LogP contribution < -0.4 is 4.72 Å². The number of nitrogens with zero attached hydrogens (tertiary/aromatic N) is 1. The lowest BCUT2D eigenvalue weighted by molar-refractivity contribution is 0.0661. The molecular weight excluding hydrogens is 364 g/mol. The average molecular weight is 375 g/mol. The maximum absolute atomic E-state index is 12.1. The van der Waals surface area contributed by atoms with Crippen molar-refractivity contribution < 1.29 is 22.7 Å². The fourth-order valence-corrected chi connectivity index (χ4v) is 3.56. The number of nitrogens with one attached hydrogen (secondary N) is 1. The molecule has 0 atom stereocenters. The number of furan rings is 1. The maximum atomic E-state index is 12.1. The van der Waals surface area contributed by atoms with E-state index in [4.69, 9.17) is 9.52 Å². The summed E-state index contributed by atoms with van der Waals surface area (Å²) in [4.78, 5) is 14.4. The molecule has 0 spiro atoms. The molecule has 0 unspecified atom stereocenters. The normalized spacial score (nSPS) is 11.5. The zero-order valence-electron chi connectivity index (χ0n) is 10.6. The number of aromatic nitrogens is 1. The van der Waals surface area contributed by atoms with Gasteiger partial charge in [0.1, 0.15) is 4.90 Å². The highest BCUT2D eigenvalue weighted by Gasteiger charge is 2.24. The number of aromatic carboxylic acids is 1. The number of carbonyl (C=O) groups is 1. The van der Waals surface area contributed by atoms with E-state index < -0.39 is 21.8 Å². The van der Waals surface area contributed by atoms with Crippen LogP contribution in [0.1, 0.15) is 16.1 Å². The van der Waals surface area contributed by atoms with Gasteiger partial charge in [-0.1, -0.05) is 6.07 Å². The maximum Gasteiger partial charge on any atom is 0.371 e. The van der Waals surface area contributed by atoms with Crippen molar-refractivity contribution in [3.63, 3.8) is 0 Å². The molecule has 0 saturated heterocycles. The molecule has 21 heavy (non-hydrogen) atoms. The smallest absolute Gasteiger partial charge is 0.371 e. The second-order valence-corrected chi connectivity index (χ2v) is 6.52. The highest BCUT2D eigenvalue weighted by atomic mass is 79.9. The van der Waals surface area contributed by atoms with Crippen molar-refractivity contribution in [3.8, 4) is 0 Å². The molecule has 0 aliphatic heterocycles. The van der Waals surface area contributed by atoms with E-state index >= 15 is 0 Å². The molecule has 2 rings (SSSR count). The van der Waals surface area contributed by atoms with Crippen LogP contribution in [0.3, 0.4) is 0 Å². The Bertz CT molecular complexity index is 742. The first-order valence-electron chi connectivity index (χ1n) is 5.81. The lowest BCUT2D eigenvalue weighted by atomic mass is 10.2. The first-order valence-corrected chi connectivity index (χ1v) is 8.09. The molecule has 112 valence electrons. The van der Waals surface area contributed by atoms with Gasteiger partial charge in [-0.25, -0.2) is 17.9 Å². The zero-order chi connectivity index (χ0) is 15.5. The van der Waals surface area contributed by atoms with Crippen LogP contribution in [0.4, 0.5) is 0 Å². The molecule has 0 aliphatic carbocycles. The van der Waals surface area contributed by atoms with Crippen molar-refractivity contribution in [3.05, 3.63) is 46.6 Å². The number of hydrogen-bond acceptors (Lipinski definition) is 5. The third kappa shape index (κ3) is 3.90. The van der Waals surface area contributed by atoms with Gasteiger partial charge in [-0.15, -0.1) is 0 Å². The van der Waals surface area contributed by atoms with Crippen LogP contribution in [0.15, 0.2) is 44.6 Å². The Morgan fingerprint density at radius 3 is 2.81 bits per heavy atom. The summed E-state index contributed by atoms with van der Waals surface area (Å²) in [7, 11) is -3.85. The van der Waals surface area contributed by atoms with Crippen LogP contribution in [-0.2, 0) is 16.4 Å². The van der Waals surface area contributed by atoms with E-state index in [-0.39, 0.29) is 16.1 Å². The van der Waals surface area contributed by atoms with E-state index in [1.807, 2.05) is 6.07 Å². The Balaban J connectivity index is 2.07. The Kier molecular flexibility index (Phi) is 4.76. The summed E-state index contributed by atoms with van der Waals surface area (Å²) in [6.07, 6.45) is 3.74. The predicted molar refractivity (Wildman–Crippen MR) is 76.5 cm³/mol. The van der Waals surface area contributed by atoms with Gasteiger partial charge in [0, 0.05) is 25.0 Å². The number of pyridine rings is 1. The summed E-state index contributed by atoms with van der Waals surface area (Å²) in [6, 6.07) is 4.55. The predicted octanol–water partition coefficient (Wildman–Crippen LogP) is 1.66. The van der Waals surface area contributed by atoms with Crippen LogP contribution in [0, 0.1) is 0 Å². The Morgan fingerprint density at radius 1 is 1.48 bits per heavy atom. The number of hydrogen-bond donors (Lipinski definition) is 2. The van der Waals surface area contributed by atoms with Gasteiger partial charge >= 0.3 is 5.97 Å². The second-order valence-electron chi connectivity index (χ2n) is 4.06. The quantitative estimate of drug-likeness (QED) is 0.795. The molecule has 0 aliphatic rings. The monoisotopic (exact) mass is 374 g/mol. The largest absolute Gasteiger partial charge is 0.475 e. The number of halogens is 1. The van der Waals surface area contributed by atoms with E-state index in [9.17, 15) is 13.2 Å². The summed E-state index contributed by atoms with van der Waals surface area (Å²) in [5.41, 5.74) is 0.887. The topological polar surface area (TPSA) is 110 Å². The van der Waals surface area contributed by atoms with Crippen molar-refractivity contribution in [2.24, 2.45) is 0 Å². The molecule has 2 heterocycles. The number of carboxylic acids is 1. The van der Waals surface area contributed by atoms with Crippen molar-refractivity contribution in [2.75, 3.05) is 6.54 Å². The molecule has 9 heteroatoms. The van der Waals surface area contributed by atoms with E-state index in [2.05, 4.69) is 25.6 Å². The minimum atomic E-state index is -3.85. The van der Waals surface area contributed by atoms with Crippen LogP contribution in [0.5, 0.6) is 0 Å². The molecule has 2 aromatic rings. The summed E-state index contributed by atoms with van der Waals surface area (Å²) in [6.45, 7) is 0.161. The lowest BCUT2D eigenvalue weighted by Crippen LogP contribution is -2.26. The van der Waals surface area contributed by atoms with Crippen molar-refractivity contribution in [2.45, 2.75) is 11.3 Å². The van der Waals surface area contributed by atoms with Gasteiger partial charge in [0.05, 0.1) is 0 Å². The fraction of sp³-hybridized carbons (Fsp3) is 0.167. The van der Waals surface area contributed by atoms with Crippen LogP contribution >= 0.6 is 15.9 Å². The zero-order valence-corrected chi connectivity index (χ0v) is 13.0. The Morgan fingerprint density at radius 2 is 2.24 bits per heavy atom. The van der Waals surface area contributed by atoms with Crippen molar-refractivity contribution in [1.82, 2.24) is 9.71 Å². The van der Waals surface area contributed by atoms with Gasteiger partial charge in [0.25, 0.3) is 0 Å². The van der Waals surface area contributed by atoms with Gasteiger partial charge in [0.2, 0.25) is 15.8 Å². The van der Waals surface area contributed by atoms with Crippen LogP contribution in [0.2, 0.25) is 0 Å². The standard InChI is InChI=1S/C12H11BrN2O5S/c13-11-10(6-9(20-11)12(16)17)21(18,19)15-5-3-8-2-1-4-14-7-8/h1-2,4,6-7,15H,3,5H2,(H,16,17). The molecule has 0 radical (unpaired) electrons. The summed E-state index contributed by atoms with van der Waals surface area (Å²) in [5.74, 6) is -1.79. The number of carboxylic acid groups (broad SMARTS) is 1. The molecule has 0 fully saturated rings. The van der Waals surface area contributed by atoms with E-state index in [1.165, 1.54) is 0 Å². The van der Waals surface area contributed by atoms with E-state index in [1.54, 1.807) is 18.5 Å². The van der Waals surface area contributed by atoms with Crippen molar-refractivity contribution >= 4 is 31.9 Å². The Hall–Kier alpha value is -1.71. The molecule has 0 amide bonds. The molecule has 2 N–H and O–H groups in total. The van der Waals surface area contributed by atoms with Gasteiger partial charge in [0.15, 0.2) is 4.67 Å². The highest BCUT2D eigenvalue weighted by molar-refractivity contribution is 9.10. The minimum absolute atomic E-state index is 0.145. The molecular formula is C12H11BrN2O5S. The molecule has 2 aromatic heterocycles. The first-order chi connectivity index (χ1) is 9.90. The molecule has 0 bridgehead atoms. The van der Waals surface area contributed by atoms with Crippen LogP contribution in [-0.4, -0.2) is 31.0 Å². The summed E-state index contributed by atoms with van der Waals surface area (Å²) >= 11 is 2.90. The minimum Gasteiger partial charge on any atom is -0.475 e. The SMILES string of the molecule is O=C(O)c1cc(S(=O)(=O)NCCc2cccnc2)c(Br)o1. The third-order valence-electron chi connectivity index (χ3n) is 2.58. The highest BCUT2D eigenvalue weighted by Crippen LogP contribution is 2.25. The molecule has 0 saturated carbocycles. The summed E-state index contributed by atoms with van der Waals surface area (Å²) in [5, 5.41) is 8.78. The third-order valence-corrected chi connectivity index (χ3v) is 4.90. The van der Waals surface area contributed by atoms with Crippen LogP contribution in [0.25, 0.3) is 0 Å². The fourth-order valence-electron chi connectivity index (χ4n) is 1.59. The average Bonchev–Trinajstić information content (AvgIpc) is 2.83. The number of rotatable bonds is 6. The lowest BCUT2D eigenvalue weighted by Gasteiger charge is -2.04. The van der Waals surface area contributed by atoms with E-state index in [0.717, 1.165) is 11.6 Å². The van der Waals surface area contributed by atoms with Gasteiger partial charge in [-0.3, -0.25) is 4.98 Å². The Labute approximate surface area is 129 Å². The van der Waals surface area contributed by atoms with Gasteiger partial charge < -0.3 is 9.52 Å². The summed E-state index contributed by atoms with van der Waals surface area (Å²) < 4.78 is 31.2. The number of sulfonamides is 1. The van der Waals surface area contributed by atoms with Gasteiger partial charge in [-0.05, 0) is 34.0 Å². The molecule has 7 nitrogen and oxygen atoms in total. The first kappa shape index (κ1) is 15.7. The molecule has 0 aromatic carbocycles. The van der Waals surface area contributed by atoms with Gasteiger partial charge in [-0.2, -0.15) is 0 Å².